The van der Waals surface area contributed by atoms with Gasteiger partial charge in [-0.3, -0.25) is 14.8 Å². The fraction of sp³-hybridized carbons (Fsp3) is 0.556. The highest BCUT2D eigenvalue weighted by Gasteiger charge is 2.36. The third-order valence-corrected chi connectivity index (χ3v) is 5.68. The van der Waals surface area contributed by atoms with Gasteiger partial charge < -0.3 is 19.4 Å². The number of hydrogen-bond acceptors (Lipinski definition) is 9. The summed E-state index contributed by atoms with van der Waals surface area (Å²) in [6.45, 7) is 5.64. The van der Waals surface area contributed by atoms with Gasteiger partial charge in [0.05, 0.1) is 10.8 Å². The average Bonchev–Trinajstić information content (AvgIpc) is 3.42. The smallest absolute Gasteiger partial charge is 0.272 e. The molecule has 3 heterocycles. The number of hydrogen-bond donors (Lipinski definition) is 3. The van der Waals surface area contributed by atoms with Crippen molar-refractivity contribution < 1.29 is 24.4 Å². The highest BCUT2D eigenvalue weighted by atomic mass is 32.1. The van der Waals surface area contributed by atoms with Crippen LogP contribution in [0, 0.1) is 11.8 Å². The number of nitrogens with one attached hydrogen (secondary N) is 1. The van der Waals surface area contributed by atoms with Gasteiger partial charge in [0.25, 0.3) is 17.7 Å². The molecule has 0 bridgehead atoms. The zero-order valence-electron chi connectivity index (χ0n) is 16.3. The Hall–Kier alpha value is -2.50. The summed E-state index contributed by atoms with van der Waals surface area (Å²) in [7, 11) is 0. The molecule has 2 amide bonds. The topological polar surface area (TPSA) is 132 Å². The molecule has 2 atom stereocenters. The molecule has 1 saturated heterocycles. The van der Waals surface area contributed by atoms with Crippen LogP contribution in [0.4, 0.5) is 5.95 Å². The van der Waals surface area contributed by atoms with Crippen LogP contribution in [0.2, 0.25) is 0 Å². The van der Waals surface area contributed by atoms with Crippen LogP contribution in [0.5, 0.6) is 0 Å². The van der Waals surface area contributed by atoms with Crippen LogP contribution in [0.1, 0.15) is 20.3 Å². The minimum absolute atomic E-state index is 0.0985. The lowest BCUT2D eigenvalue weighted by Crippen LogP contribution is -2.53. The summed E-state index contributed by atoms with van der Waals surface area (Å²) < 4.78 is 5.31. The van der Waals surface area contributed by atoms with E-state index in [4.69, 9.17) is 9.73 Å². The molecular formula is C18H25N5O5S. The van der Waals surface area contributed by atoms with Gasteiger partial charge in [0.15, 0.2) is 0 Å². The number of aliphatic hydroxyl groups excluding tert-OH is 1. The van der Waals surface area contributed by atoms with E-state index in [-0.39, 0.29) is 11.8 Å². The van der Waals surface area contributed by atoms with Gasteiger partial charge in [-0.1, -0.05) is 19.9 Å². The first-order chi connectivity index (χ1) is 13.9. The highest BCUT2D eigenvalue weighted by Crippen LogP contribution is 2.25. The van der Waals surface area contributed by atoms with Gasteiger partial charge in [0.1, 0.15) is 6.10 Å². The molecule has 1 aliphatic rings. The van der Waals surface area contributed by atoms with Crippen molar-refractivity contribution >= 4 is 29.1 Å². The van der Waals surface area contributed by atoms with Crippen molar-refractivity contribution in [3.63, 3.8) is 0 Å². The summed E-state index contributed by atoms with van der Waals surface area (Å²) in [4.78, 5) is 33.4. The number of aromatic nitrogens is 2. The predicted octanol–water partition coefficient (Wildman–Crippen LogP) is 0.975. The number of rotatable bonds is 7. The zero-order chi connectivity index (χ0) is 21.0. The van der Waals surface area contributed by atoms with Crippen molar-refractivity contribution in [2.24, 2.45) is 11.8 Å². The molecule has 1 fully saturated rings. The first-order valence-electron chi connectivity index (χ1n) is 9.44. The van der Waals surface area contributed by atoms with Crippen molar-refractivity contribution in [3.05, 3.63) is 17.5 Å². The van der Waals surface area contributed by atoms with E-state index in [1.807, 2.05) is 36.3 Å². The maximum absolute atomic E-state index is 12.9. The van der Waals surface area contributed by atoms with E-state index >= 15 is 0 Å². The van der Waals surface area contributed by atoms with Crippen LogP contribution in [0.3, 0.4) is 0 Å². The second-order valence-electron chi connectivity index (χ2n) is 7.35. The Balaban J connectivity index is 1.62. The Labute approximate surface area is 172 Å². The third kappa shape index (κ3) is 4.92. The molecule has 0 radical (unpaired) electrons. The third-order valence-electron chi connectivity index (χ3n) is 4.82. The van der Waals surface area contributed by atoms with Gasteiger partial charge in [-0.15, -0.1) is 11.3 Å². The summed E-state index contributed by atoms with van der Waals surface area (Å²) in [5.74, 6) is -1.16. The molecule has 158 valence electrons. The Bertz CT molecular complexity index is 816. The van der Waals surface area contributed by atoms with Crippen LogP contribution < -0.4 is 10.4 Å². The van der Waals surface area contributed by atoms with Crippen molar-refractivity contribution in [3.8, 4) is 10.8 Å². The standard InChI is InChI=1S/C18H25N5O5S/c1-11(2)10-12(14(24)15(25)20-27)17(26)22-5-7-23(8-6-22)18-19-16(28-21-18)13-4-3-9-29-13/h3-4,9,11-12,14,24,27H,5-8,10H2,1-2H3,(H,20,25)/t12-,14?/m0/s1. The number of amides is 2. The number of nitrogens with zero attached hydrogens (tertiary/aromatic N) is 4. The molecule has 3 rings (SSSR count). The lowest BCUT2D eigenvalue weighted by atomic mass is 9.90. The lowest BCUT2D eigenvalue weighted by molar-refractivity contribution is -0.151. The van der Waals surface area contributed by atoms with Gasteiger partial charge in [0.2, 0.25) is 5.91 Å². The minimum Gasteiger partial charge on any atom is -0.382 e. The van der Waals surface area contributed by atoms with E-state index in [0.717, 1.165) is 4.88 Å². The summed E-state index contributed by atoms with van der Waals surface area (Å²) in [5, 5.41) is 24.9. The van der Waals surface area contributed by atoms with Crippen LogP contribution in [-0.4, -0.2) is 69.5 Å². The lowest BCUT2D eigenvalue weighted by Gasteiger charge is -2.36. The van der Waals surface area contributed by atoms with E-state index in [2.05, 4.69) is 10.1 Å². The molecule has 11 heteroatoms. The van der Waals surface area contributed by atoms with Gasteiger partial charge in [-0.05, 0) is 28.9 Å². The number of piperazine rings is 1. The predicted molar refractivity (Wildman–Crippen MR) is 105 cm³/mol. The van der Waals surface area contributed by atoms with Gasteiger partial charge >= 0.3 is 0 Å². The van der Waals surface area contributed by atoms with E-state index < -0.39 is 17.9 Å². The normalized spacial score (nSPS) is 16.7. The number of carbonyl (C=O) groups excluding carboxylic acids is 2. The second-order valence-corrected chi connectivity index (χ2v) is 8.29. The minimum atomic E-state index is -1.60. The average molecular weight is 423 g/mol. The van der Waals surface area contributed by atoms with E-state index in [1.54, 1.807) is 4.90 Å². The van der Waals surface area contributed by atoms with E-state index in [0.29, 0.717) is 44.4 Å². The maximum Gasteiger partial charge on any atom is 0.272 e. The first-order valence-corrected chi connectivity index (χ1v) is 10.3. The van der Waals surface area contributed by atoms with Crippen LogP contribution in [0.25, 0.3) is 10.8 Å². The van der Waals surface area contributed by atoms with Crippen molar-refractivity contribution in [2.45, 2.75) is 26.4 Å². The number of anilines is 1. The van der Waals surface area contributed by atoms with Crippen LogP contribution in [0.15, 0.2) is 22.0 Å². The summed E-state index contributed by atoms with van der Waals surface area (Å²) in [6, 6.07) is 3.81. The summed E-state index contributed by atoms with van der Waals surface area (Å²) >= 11 is 1.51. The molecule has 0 saturated carbocycles. The molecule has 3 N–H and O–H groups in total. The van der Waals surface area contributed by atoms with E-state index in [1.165, 1.54) is 16.8 Å². The molecule has 1 aliphatic heterocycles. The molecular weight excluding hydrogens is 398 g/mol. The van der Waals surface area contributed by atoms with Crippen molar-refractivity contribution in [1.82, 2.24) is 20.5 Å². The largest absolute Gasteiger partial charge is 0.382 e. The van der Waals surface area contributed by atoms with E-state index in [9.17, 15) is 14.7 Å². The fourth-order valence-electron chi connectivity index (χ4n) is 3.33. The number of thiophene rings is 1. The number of aliphatic hydroxyl groups is 1. The molecule has 1 unspecified atom stereocenters. The van der Waals surface area contributed by atoms with Crippen molar-refractivity contribution in [2.75, 3.05) is 31.1 Å². The van der Waals surface area contributed by atoms with Crippen LogP contribution in [-0.2, 0) is 9.59 Å². The molecule has 2 aromatic rings. The Kier molecular flexibility index (Phi) is 6.83. The zero-order valence-corrected chi connectivity index (χ0v) is 17.1. The molecule has 0 aliphatic carbocycles. The quantitative estimate of drug-likeness (QED) is 0.443. The second kappa shape index (κ2) is 9.33. The first kappa shape index (κ1) is 21.2. The SMILES string of the molecule is CC(C)C[C@H](C(=O)N1CCN(c2noc(-c3cccs3)n2)CC1)C(O)C(=O)NO. The summed E-state index contributed by atoms with van der Waals surface area (Å²) in [6.07, 6.45) is -1.26. The molecule has 0 spiro atoms. The number of hydroxylamine groups is 1. The Morgan fingerprint density at radius 3 is 2.62 bits per heavy atom. The van der Waals surface area contributed by atoms with Gasteiger partial charge in [-0.2, -0.15) is 4.98 Å². The van der Waals surface area contributed by atoms with Crippen LogP contribution >= 0.6 is 11.3 Å². The number of carbonyl (C=O) groups is 2. The maximum atomic E-state index is 12.9. The fourth-order valence-corrected chi connectivity index (χ4v) is 3.97. The Morgan fingerprint density at radius 2 is 2.03 bits per heavy atom. The molecule has 0 aromatic carbocycles. The monoisotopic (exact) mass is 423 g/mol. The highest BCUT2D eigenvalue weighted by molar-refractivity contribution is 7.13. The Morgan fingerprint density at radius 1 is 1.31 bits per heavy atom. The van der Waals surface area contributed by atoms with Crippen molar-refractivity contribution in [1.29, 1.82) is 0 Å². The molecule has 29 heavy (non-hydrogen) atoms. The molecule has 2 aromatic heterocycles. The molecule has 10 nitrogen and oxygen atoms in total. The van der Waals surface area contributed by atoms with Gasteiger partial charge in [-0.25, -0.2) is 5.48 Å². The van der Waals surface area contributed by atoms with Gasteiger partial charge in [0, 0.05) is 26.2 Å². The summed E-state index contributed by atoms with van der Waals surface area (Å²) in [5.41, 5.74) is 1.42.